The summed E-state index contributed by atoms with van der Waals surface area (Å²) in [7, 11) is 1.59. The summed E-state index contributed by atoms with van der Waals surface area (Å²) in [6, 6.07) is 11.2. The zero-order valence-electron chi connectivity index (χ0n) is 17.1. The van der Waals surface area contributed by atoms with Gasteiger partial charge in [-0.05, 0) is 54.7 Å². The number of carbonyl (C=O) groups is 2. The lowest BCUT2D eigenvalue weighted by atomic mass is 10.3. The number of aliphatic imine (C=N–C) groups is 1. The third-order valence-corrected chi connectivity index (χ3v) is 6.82. The van der Waals surface area contributed by atoms with E-state index >= 15 is 0 Å². The number of hydrazine groups is 1. The zero-order chi connectivity index (χ0) is 23.4. The maximum absolute atomic E-state index is 12.2. The molecule has 0 bridgehead atoms. The first-order valence-corrected chi connectivity index (χ1v) is 11.7. The molecular formula is C20H18N6O4S3. The highest BCUT2D eigenvalue weighted by atomic mass is 32.2. The summed E-state index contributed by atoms with van der Waals surface area (Å²) in [5, 5.41) is 16.3. The van der Waals surface area contributed by atoms with Crippen molar-refractivity contribution in [1.82, 2.24) is 15.8 Å². The number of nitrogens with zero attached hydrogens (tertiary/aromatic N) is 2. The smallest absolute Gasteiger partial charge is 0.337 e. The summed E-state index contributed by atoms with van der Waals surface area (Å²) in [5.41, 5.74) is 7.14. The normalized spacial score (nSPS) is 14.9. The van der Waals surface area contributed by atoms with Gasteiger partial charge in [-0.25, -0.2) is 20.0 Å². The summed E-state index contributed by atoms with van der Waals surface area (Å²) in [4.78, 5) is 32.1. The molecule has 1 aliphatic rings. The Hall–Kier alpha value is -3.42. The molecular weight excluding hydrogens is 484 g/mol. The van der Waals surface area contributed by atoms with Gasteiger partial charge in [0.05, 0.1) is 17.3 Å². The Bertz CT molecular complexity index is 1240. The Morgan fingerprint density at radius 1 is 1.12 bits per heavy atom. The second-order valence-electron chi connectivity index (χ2n) is 6.69. The predicted molar refractivity (Wildman–Crippen MR) is 135 cm³/mol. The summed E-state index contributed by atoms with van der Waals surface area (Å²) in [6.07, 6.45) is 0. The van der Waals surface area contributed by atoms with Gasteiger partial charge in [-0.15, -0.1) is 23.1 Å². The maximum Gasteiger partial charge on any atom is 0.337 e. The van der Waals surface area contributed by atoms with E-state index in [0.29, 0.717) is 21.5 Å². The van der Waals surface area contributed by atoms with Crippen LogP contribution in [0.1, 0.15) is 5.01 Å². The SMILES string of the molecule is COc1ccc(NC(=S)NNC(=O)Nc2ccc3nc(C4=N[C@@H](C(=O)O)CS4)sc3c2)cc1. The largest absolute Gasteiger partial charge is 0.497 e. The standard InChI is InChI=1S/C20H18N6O4S3/c1-30-12-5-2-10(3-6-12)22-20(31)26-25-19(29)21-11-4-7-13-15(8-11)33-17(23-13)16-24-14(9-32-16)18(27)28/h2-8,14H,9H2,1H3,(H,27,28)(H2,21,25,29)(H2,22,26,31)/t14-/m1/s1. The minimum atomic E-state index is -0.941. The fraction of sp³-hybridized carbons (Fsp3) is 0.150. The molecule has 0 spiro atoms. The number of amides is 2. The van der Waals surface area contributed by atoms with Gasteiger partial charge in [-0.3, -0.25) is 10.4 Å². The number of fused-ring (bicyclic) bond motifs is 1. The number of carboxylic acids is 1. The van der Waals surface area contributed by atoms with Gasteiger partial charge in [-0.1, -0.05) is 0 Å². The van der Waals surface area contributed by atoms with Crippen molar-refractivity contribution in [2.75, 3.05) is 23.5 Å². The van der Waals surface area contributed by atoms with Crippen molar-refractivity contribution in [2.45, 2.75) is 6.04 Å². The number of thiazole rings is 1. The van der Waals surface area contributed by atoms with E-state index < -0.39 is 18.0 Å². The fourth-order valence-electron chi connectivity index (χ4n) is 2.82. The average molecular weight is 503 g/mol. The van der Waals surface area contributed by atoms with Crippen LogP contribution in [0.3, 0.4) is 0 Å². The minimum absolute atomic E-state index is 0.215. The van der Waals surface area contributed by atoms with Gasteiger partial charge in [0.15, 0.2) is 11.2 Å². The highest BCUT2D eigenvalue weighted by molar-refractivity contribution is 8.15. The lowest BCUT2D eigenvalue weighted by Gasteiger charge is -2.12. The number of urea groups is 1. The average Bonchev–Trinajstić information content (AvgIpc) is 3.45. The van der Waals surface area contributed by atoms with Crippen molar-refractivity contribution in [3.8, 4) is 5.75 Å². The molecule has 0 fully saturated rings. The van der Waals surface area contributed by atoms with Gasteiger partial charge in [0.1, 0.15) is 15.8 Å². The highest BCUT2D eigenvalue weighted by Gasteiger charge is 2.26. The summed E-state index contributed by atoms with van der Waals surface area (Å²) in [5.74, 6) is 0.181. The molecule has 1 atom stereocenters. The molecule has 0 saturated carbocycles. The highest BCUT2D eigenvalue weighted by Crippen LogP contribution is 2.31. The van der Waals surface area contributed by atoms with Crippen LogP contribution in [0.15, 0.2) is 47.5 Å². The molecule has 1 aliphatic heterocycles. The number of thioether (sulfide) groups is 1. The zero-order valence-corrected chi connectivity index (χ0v) is 19.6. The van der Waals surface area contributed by atoms with Crippen LogP contribution >= 0.6 is 35.3 Å². The van der Waals surface area contributed by atoms with E-state index in [2.05, 4.69) is 31.5 Å². The van der Waals surface area contributed by atoms with Crippen LogP contribution in [0.25, 0.3) is 10.2 Å². The predicted octanol–water partition coefficient (Wildman–Crippen LogP) is 3.27. The minimum Gasteiger partial charge on any atom is -0.497 e. The first-order chi connectivity index (χ1) is 15.9. The molecule has 4 rings (SSSR count). The molecule has 33 heavy (non-hydrogen) atoms. The van der Waals surface area contributed by atoms with Crippen LogP contribution in [-0.2, 0) is 4.79 Å². The third-order valence-electron chi connectivity index (χ3n) is 4.40. The number of hydrogen-bond acceptors (Lipinski definition) is 8. The molecule has 170 valence electrons. The Morgan fingerprint density at radius 2 is 1.88 bits per heavy atom. The van der Waals surface area contributed by atoms with E-state index in [4.69, 9.17) is 22.1 Å². The molecule has 10 nitrogen and oxygen atoms in total. The number of carbonyl (C=O) groups excluding carboxylic acids is 1. The molecule has 0 radical (unpaired) electrons. The molecule has 5 N–H and O–H groups in total. The molecule has 3 aromatic rings. The van der Waals surface area contributed by atoms with E-state index in [9.17, 15) is 9.59 Å². The Labute approximate surface area is 201 Å². The van der Waals surface area contributed by atoms with Crippen LogP contribution in [0, 0.1) is 0 Å². The van der Waals surface area contributed by atoms with Gasteiger partial charge in [0.2, 0.25) is 0 Å². The first-order valence-electron chi connectivity index (χ1n) is 9.53. The van der Waals surface area contributed by atoms with Gasteiger partial charge < -0.3 is 20.5 Å². The van der Waals surface area contributed by atoms with E-state index in [1.54, 1.807) is 49.6 Å². The molecule has 0 aliphatic carbocycles. The number of hydrogen-bond donors (Lipinski definition) is 5. The van der Waals surface area contributed by atoms with Crippen LogP contribution in [0.4, 0.5) is 16.2 Å². The van der Waals surface area contributed by atoms with E-state index in [-0.39, 0.29) is 5.11 Å². The first kappa shape index (κ1) is 22.8. The topological polar surface area (TPSA) is 137 Å². The summed E-state index contributed by atoms with van der Waals surface area (Å²) < 4.78 is 5.95. The van der Waals surface area contributed by atoms with Crippen molar-refractivity contribution in [3.63, 3.8) is 0 Å². The monoisotopic (exact) mass is 502 g/mol. The van der Waals surface area contributed by atoms with E-state index in [1.165, 1.54) is 23.1 Å². The van der Waals surface area contributed by atoms with Crippen molar-refractivity contribution >= 4 is 79.1 Å². The van der Waals surface area contributed by atoms with Crippen molar-refractivity contribution in [3.05, 3.63) is 47.5 Å². The Balaban J connectivity index is 1.32. The molecule has 2 amide bonds. The summed E-state index contributed by atoms with van der Waals surface area (Å²) in [6.45, 7) is 0. The quantitative estimate of drug-likeness (QED) is 0.263. The lowest BCUT2D eigenvalue weighted by molar-refractivity contribution is -0.137. The molecule has 13 heteroatoms. The van der Waals surface area contributed by atoms with E-state index in [1.807, 2.05) is 0 Å². The van der Waals surface area contributed by atoms with Crippen LogP contribution < -0.4 is 26.2 Å². The maximum atomic E-state index is 12.2. The van der Waals surface area contributed by atoms with Gasteiger partial charge in [0.25, 0.3) is 0 Å². The third kappa shape index (κ3) is 5.69. The second-order valence-corrected chi connectivity index (χ2v) is 9.14. The fourth-order valence-corrected chi connectivity index (χ4v) is 5.09. The summed E-state index contributed by atoms with van der Waals surface area (Å²) >= 11 is 7.94. The number of aromatic nitrogens is 1. The van der Waals surface area contributed by atoms with Gasteiger partial charge in [-0.2, -0.15) is 0 Å². The van der Waals surface area contributed by atoms with Crippen molar-refractivity contribution < 1.29 is 19.4 Å². The molecule has 1 aromatic heterocycles. The number of methoxy groups -OCH3 is 1. The number of benzene rings is 2. The number of carboxylic acid groups (broad SMARTS) is 1. The molecule has 2 heterocycles. The molecule has 0 unspecified atom stereocenters. The Morgan fingerprint density at radius 3 is 2.58 bits per heavy atom. The van der Waals surface area contributed by atoms with Crippen molar-refractivity contribution in [2.24, 2.45) is 4.99 Å². The number of thiocarbonyl (C=S) groups is 1. The van der Waals surface area contributed by atoms with Crippen molar-refractivity contribution in [1.29, 1.82) is 0 Å². The lowest BCUT2D eigenvalue weighted by Crippen LogP contribution is -2.45. The van der Waals surface area contributed by atoms with E-state index in [0.717, 1.165) is 21.7 Å². The molecule has 2 aromatic carbocycles. The second kappa shape index (κ2) is 10.0. The Kier molecular flexibility index (Phi) is 6.91. The molecule has 0 saturated heterocycles. The number of anilines is 2. The number of ether oxygens (including phenoxy) is 1. The van der Waals surface area contributed by atoms with Crippen LogP contribution in [-0.4, -0.2) is 51.2 Å². The van der Waals surface area contributed by atoms with Gasteiger partial charge in [0, 0.05) is 17.1 Å². The number of rotatable bonds is 5. The number of aliphatic carboxylic acids is 1. The van der Waals surface area contributed by atoms with Crippen LogP contribution in [0.5, 0.6) is 5.75 Å². The van der Waals surface area contributed by atoms with Gasteiger partial charge >= 0.3 is 12.0 Å². The van der Waals surface area contributed by atoms with Crippen LogP contribution in [0.2, 0.25) is 0 Å². The number of nitrogens with one attached hydrogen (secondary N) is 4.